The van der Waals surface area contributed by atoms with Gasteiger partial charge in [0.2, 0.25) is 0 Å². The summed E-state index contributed by atoms with van der Waals surface area (Å²) in [4.78, 5) is 14.5. The van der Waals surface area contributed by atoms with E-state index in [0.29, 0.717) is 6.54 Å². The molecule has 7 nitrogen and oxygen atoms in total. The van der Waals surface area contributed by atoms with Gasteiger partial charge in [0.05, 0.1) is 16.3 Å². The molecule has 0 saturated heterocycles. The van der Waals surface area contributed by atoms with Crippen molar-refractivity contribution in [3.05, 3.63) is 101 Å². The van der Waals surface area contributed by atoms with E-state index in [0.717, 1.165) is 28.2 Å². The van der Waals surface area contributed by atoms with E-state index in [9.17, 15) is 10.1 Å². The van der Waals surface area contributed by atoms with Crippen LogP contribution >= 0.6 is 0 Å². The van der Waals surface area contributed by atoms with Crippen molar-refractivity contribution in [2.45, 2.75) is 6.54 Å². The fraction of sp³-hybridized carbons (Fsp3) is 0.0476. The molecule has 2 aromatic carbocycles. The van der Waals surface area contributed by atoms with E-state index >= 15 is 0 Å². The highest BCUT2D eigenvalue weighted by Crippen LogP contribution is 2.24. The number of anilines is 1. The SMILES string of the molecule is O=[N+]([O-])c1ccc(NCc2cn(-c3ccccc3)nc2-c2ccncc2)cc1. The number of nitro groups is 1. The molecule has 0 atom stereocenters. The minimum absolute atomic E-state index is 0.0694. The second-order valence-electron chi connectivity index (χ2n) is 6.18. The molecule has 0 saturated carbocycles. The van der Waals surface area contributed by atoms with E-state index in [2.05, 4.69) is 10.3 Å². The van der Waals surface area contributed by atoms with Gasteiger partial charge in [0.15, 0.2) is 0 Å². The highest BCUT2D eigenvalue weighted by atomic mass is 16.6. The Labute approximate surface area is 161 Å². The van der Waals surface area contributed by atoms with Crippen LogP contribution in [0.5, 0.6) is 0 Å². The maximum absolute atomic E-state index is 10.8. The van der Waals surface area contributed by atoms with E-state index < -0.39 is 4.92 Å². The maximum atomic E-state index is 10.8. The van der Waals surface area contributed by atoms with Gasteiger partial charge in [-0.15, -0.1) is 0 Å². The quantitative estimate of drug-likeness (QED) is 0.400. The zero-order chi connectivity index (χ0) is 19.3. The first-order valence-electron chi connectivity index (χ1n) is 8.73. The van der Waals surface area contributed by atoms with Crippen LogP contribution < -0.4 is 5.32 Å². The zero-order valence-corrected chi connectivity index (χ0v) is 14.9. The summed E-state index contributed by atoms with van der Waals surface area (Å²) in [6, 6.07) is 20.1. The molecule has 0 unspecified atom stereocenters. The van der Waals surface area contributed by atoms with Gasteiger partial charge in [-0.25, -0.2) is 4.68 Å². The molecule has 7 heteroatoms. The number of nitrogens with one attached hydrogen (secondary N) is 1. The van der Waals surface area contributed by atoms with Crippen LogP contribution in [0.15, 0.2) is 85.3 Å². The van der Waals surface area contributed by atoms with Crippen molar-refractivity contribution >= 4 is 11.4 Å². The fourth-order valence-corrected chi connectivity index (χ4v) is 2.90. The minimum atomic E-state index is -0.408. The van der Waals surface area contributed by atoms with Crippen LogP contribution in [0.25, 0.3) is 16.9 Å². The van der Waals surface area contributed by atoms with Crippen LogP contribution in [-0.4, -0.2) is 19.7 Å². The molecule has 0 aliphatic heterocycles. The Morgan fingerprint density at radius 1 is 0.964 bits per heavy atom. The highest BCUT2D eigenvalue weighted by Gasteiger charge is 2.12. The van der Waals surface area contributed by atoms with Gasteiger partial charge in [-0.3, -0.25) is 15.1 Å². The third kappa shape index (κ3) is 3.73. The van der Waals surface area contributed by atoms with Crippen LogP contribution in [0.1, 0.15) is 5.56 Å². The van der Waals surface area contributed by atoms with Gasteiger partial charge in [-0.1, -0.05) is 18.2 Å². The van der Waals surface area contributed by atoms with Gasteiger partial charge < -0.3 is 5.32 Å². The summed E-state index contributed by atoms with van der Waals surface area (Å²) in [6.07, 6.45) is 5.47. The van der Waals surface area contributed by atoms with Gasteiger partial charge in [-0.05, 0) is 36.4 Å². The third-order valence-electron chi connectivity index (χ3n) is 4.33. The molecule has 0 radical (unpaired) electrons. The lowest BCUT2D eigenvalue weighted by Gasteiger charge is -2.06. The Kier molecular flexibility index (Phi) is 4.79. The number of aromatic nitrogens is 3. The van der Waals surface area contributed by atoms with Crippen LogP contribution in [0.4, 0.5) is 11.4 Å². The first-order valence-corrected chi connectivity index (χ1v) is 8.73. The van der Waals surface area contributed by atoms with Crippen molar-refractivity contribution in [2.75, 3.05) is 5.32 Å². The Morgan fingerprint density at radius 3 is 2.36 bits per heavy atom. The van der Waals surface area contributed by atoms with Crippen molar-refractivity contribution in [3.63, 3.8) is 0 Å². The van der Waals surface area contributed by atoms with Gasteiger partial charge >= 0.3 is 0 Å². The molecule has 0 fully saturated rings. The molecule has 2 aromatic heterocycles. The summed E-state index contributed by atoms with van der Waals surface area (Å²) in [5.74, 6) is 0. The van der Waals surface area contributed by atoms with E-state index in [-0.39, 0.29) is 5.69 Å². The van der Waals surface area contributed by atoms with E-state index in [1.54, 1.807) is 24.5 Å². The Hall–Kier alpha value is -4.00. The average molecular weight is 371 g/mol. The monoisotopic (exact) mass is 371 g/mol. The zero-order valence-electron chi connectivity index (χ0n) is 14.9. The molecular weight excluding hydrogens is 354 g/mol. The van der Waals surface area contributed by atoms with E-state index in [1.165, 1.54) is 12.1 Å². The number of benzene rings is 2. The highest BCUT2D eigenvalue weighted by molar-refractivity contribution is 5.63. The number of hydrogen-bond acceptors (Lipinski definition) is 5. The second-order valence-corrected chi connectivity index (χ2v) is 6.18. The molecule has 0 amide bonds. The molecule has 0 aliphatic rings. The smallest absolute Gasteiger partial charge is 0.269 e. The van der Waals surface area contributed by atoms with Crippen molar-refractivity contribution in [3.8, 4) is 16.9 Å². The summed E-state index contributed by atoms with van der Waals surface area (Å²) in [6.45, 7) is 0.530. The Balaban J connectivity index is 1.63. The predicted molar refractivity (Wildman–Crippen MR) is 107 cm³/mol. The summed E-state index contributed by atoms with van der Waals surface area (Å²) in [5.41, 5.74) is 4.69. The number of nitro benzene ring substituents is 1. The van der Waals surface area contributed by atoms with Gasteiger partial charge in [0.25, 0.3) is 5.69 Å². The summed E-state index contributed by atoms with van der Waals surface area (Å²) in [7, 11) is 0. The number of hydrogen-bond donors (Lipinski definition) is 1. The van der Waals surface area contributed by atoms with Crippen LogP contribution in [0.2, 0.25) is 0 Å². The molecule has 0 aliphatic carbocycles. The number of para-hydroxylation sites is 1. The molecule has 0 bridgehead atoms. The molecule has 1 N–H and O–H groups in total. The molecular formula is C21H17N5O2. The predicted octanol–water partition coefficient (Wildman–Crippen LogP) is 4.45. The van der Waals surface area contributed by atoms with Crippen molar-refractivity contribution in [1.29, 1.82) is 0 Å². The summed E-state index contributed by atoms with van der Waals surface area (Å²) in [5, 5.41) is 18.9. The fourth-order valence-electron chi connectivity index (χ4n) is 2.90. The van der Waals surface area contributed by atoms with Crippen molar-refractivity contribution in [2.24, 2.45) is 0 Å². The first kappa shape index (κ1) is 17.4. The standard InChI is InChI=1S/C21H17N5O2/c27-26(28)20-8-6-18(7-9-20)23-14-17-15-25(19-4-2-1-3-5-19)24-21(17)16-10-12-22-13-11-16/h1-13,15,23H,14H2. The summed E-state index contributed by atoms with van der Waals surface area (Å²) < 4.78 is 1.85. The number of rotatable bonds is 6. The summed E-state index contributed by atoms with van der Waals surface area (Å²) >= 11 is 0. The van der Waals surface area contributed by atoms with E-state index in [1.807, 2.05) is 53.3 Å². The van der Waals surface area contributed by atoms with Gasteiger partial charge in [-0.2, -0.15) is 5.10 Å². The minimum Gasteiger partial charge on any atom is -0.381 e. The molecule has 2 heterocycles. The number of non-ortho nitro benzene ring substituents is 1. The second kappa shape index (κ2) is 7.71. The molecule has 4 rings (SSSR count). The molecule has 138 valence electrons. The molecule has 0 spiro atoms. The molecule has 4 aromatic rings. The van der Waals surface area contributed by atoms with Crippen LogP contribution in [0, 0.1) is 10.1 Å². The van der Waals surface area contributed by atoms with E-state index in [4.69, 9.17) is 5.10 Å². The van der Waals surface area contributed by atoms with Crippen molar-refractivity contribution < 1.29 is 4.92 Å². The Bertz CT molecular complexity index is 1080. The average Bonchev–Trinajstić information content (AvgIpc) is 3.18. The lowest BCUT2D eigenvalue weighted by atomic mass is 10.1. The lowest BCUT2D eigenvalue weighted by Crippen LogP contribution is -2.00. The number of pyridine rings is 1. The first-order chi connectivity index (χ1) is 13.7. The maximum Gasteiger partial charge on any atom is 0.269 e. The lowest BCUT2D eigenvalue weighted by molar-refractivity contribution is -0.384. The van der Waals surface area contributed by atoms with Crippen molar-refractivity contribution in [1.82, 2.24) is 14.8 Å². The van der Waals surface area contributed by atoms with Crippen LogP contribution in [-0.2, 0) is 6.54 Å². The van der Waals surface area contributed by atoms with Crippen LogP contribution in [0.3, 0.4) is 0 Å². The largest absolute Gasteiger partial charge is 0.381 e. The molecule has 28 heavy (non-hydrogen) atoms. The third-order valence-corrected chi connectivity index (χ3v) is 4.33. The number of nitrogens with zero attached hydrogens (tertiary/aromatic N) is 4. The van der Waals surface area contributed by atoms with Gasteiger partial charge in [0, 0.05) is 54.1 Å². The topological polar surface area (TPSA) is 85.9 Å². The normalized spacial score (nSPS) is 10.6. The van der Waals surface area contributed by atoms with Gasteiger partial charge in [0.1, 0.15) is 0 Å². The Morgan fingerprint density at radius 2 is 1.68 bits per heavy atom.